The van der Waals surface area contributed by atoms with E-state index in [1.807, 2.05) is 19.9 Å². The van der Waals surface area contributed by atoms with Crippen LogP contribution < -0.4 is 0 Å². The number of aliphatic hydroxyl groups is 2. The zero-order valence-electron chi connectivity index (χ0n) is 20.6. The molecule has 0 spiro atoms. The molecule has 3 aliphatic carbocycles. The Kier molecular flexibility index (Phi) is 8.39. The monoisotopic (exact) mass is 456 g/mol. The molecule has 2 N–H and O–H groups in total. The molecular weight excluding hydrogens is 412 g/mol. The first-order valence-electron chi connectivity index (χ1n) is 12.7. The molecule has 3 rings (SSSR count). The molecule has 3 aliphatic rings. The van der Waals surface area contributed by atoms with Gasteiger partial charge in [-0.2, -0.15) is 12.6 Å². The summed E-state index contributed by atoms with van der Waals surface area (Å²) in [5, 5.41) is 20.8. The van der Waals surface area contributed by atoms with Crippen molar-refractivity contribution in [1.82, 2.24) is 0 Å². The average molecular weight is 457 g/mol. The van der Waals surface area contributed by atoms with Crippen molar-refractivity contribution in [3.63, 3.8) is 0 Å². The standard InChI is InChI=1S/C29H44O2S/c1-6-29(31,7-2)17-8-10-20(3)25-14-15-26-22(11-9-16-28(25,26)5)12-13-23-18-24(30)19-27(32)21(23)4/h8,12-14,17,20,24,26-27,30-32H,4,6-7,9-11,15-16,18-19H2,1-3,5H3/b17-8+,22-12-,23-13+. The van der Waals surface area contributed by atoms with Gasteiger partial charge in [0.1, 0.15) is 0 Å². The van der Waals surface area contributed by atoms with Crippen LogP contribution in [0.15, 0.2) is 59.3 Å². The third-order valence-electron chi connectivity index (χ3n) is 8.55. The number of fused-ring (bicyclic) bond motifs is 1. The largest absolute Gasteiger partial charge is 0.393 e. The lowest BCUT2D eigenvalue weighted by Crippen LogP contribution is -2.32. The molecule has 2 saturated carbocycles. The second-order valence-corrected chi connectivity index (χ2v) is 11.3. The molecule has 0 heterocycles. The SMILES string of the molecule is C=C1/C(=C/C=C2/CCCC3(C)C(C(C)C/C=C/C(O)(CC)CC)=CCC23)CC(O)CC1S. The molecule has 3 heteroatoms. The van der Waals surface area contributed by atoms with Gasteiger partial charge in [-0.3, -0.25) is 0 Å². The molecular formula is C29H44O2S. The van der Waals surface area contributed by atoms with E-state index in [9.17, 15) is 10.2 Å². The summed E-state index contributed by atoms with van der Waals surface area (Å²) in [5.41, 5.74) is 4.96. The maximum absolute atomic E-state index is 10.6. The van der Waals surface area contributed by atoms with Crippen LogP contribution in [0.2, 0.25) is 0 Å². The van der Waals surface area contributed by atoms with E-state index >= 15 is 0 Å². The average Bonchev–Trinajstić information content (AvgIpc) is 3.12. The molecule has 0 aromatic carbocycles. The second kappa shape index (κ2) is 10.5. The normalized spacial score (nSPS) is 34.9. The fraction of sp³-hybridized carbons (Fsp3) is 0.655. The minimum Gasteiger partial charge on any atom is -0.393 e. The molecule has 178 valence electrons. The predicted octanol–water partition coefficient (Wildman–Crippen LogP) is 7.12. The van der Waals surface area contributed by atoms with Crippen LogP contribution in [0.5, 0.6) is 0 Å². The van der Waals surface area contributed by atoms with E-state index in [0.717, 1.165) is 36.8 Å². The third kappa shape index (κ3) is 5.37. The summed E-state index contributed by atoms with van der Waals surface area (Å²) in [6, 6.07) is 0. The molecule has 5 atom stereocenters. The maximum Gasteiger partial charge on any atom is 0.0822 e. The number of hydrogen-bond donors (Lipinski definition) is 3. The zero-order valence-corrected chi connectivity index (χ0v) is 21.5. The van der Waals surface area contributed by atoms with Gasteiger partial charge in [-0.25, -0.2) is 0 Å². The van der Waals surface area contributed by atoms with Crippen molar-refractivity contribution >= 4 is 12.6 Å². The maximum atomic E-state index is 10.6. The van der Waals surface area contributed by atoms with Crippen molar-refractivity contribution in [1.29, 1.82) is 0 Å². The van der Waals surface area contributed by atoms with E-state index < -0.39 is 5.60 Å². The number of aliphatic hydroxyl groups excluding tert-OH is 1. The molecule has 2 fully saturated rings. The quantitative estimate of drug-likeness (QED) is 0.282. The number of thiol groups is 1. The molecule has 0 aromatic rings. The van der Waals surface area contributed by atoms with E-state index in [1.54, 1.807) is 11.1 Å². The van der Waals surface area contributed by atoms with Crippen LogP contribution in [0.3, 0.4) is 0 Å². The summed E-state index contributed by atoms with van der Waals surface area (Å²) >= 11 is 4.61. The highest BCUT2D eigenvalue weighted by Gasteiger charge is 2.45. The first-order valence-corrected chi connectivity index (χ1v) is 13.2. The second-order valence-electron chi connectivity index (χ2n) is 10.6. The Morgan fingerprint density at radius 3 is 2.72 bits per heavy atom. The minimum absolute atomic E-state index is 0.0618. The Balaban J connectivity index is 1.73. The molecule has 0 amide bonds. The Morgan fingerprint density at radius 1 is 1.31 bits per heavy atom. The van der Waals surface area contributed by atoms with Gasteiger partial charge >= 0.3 is 0 Å². The highest BCUT2D eigenvalue weighted by atomic mass is 32.1. The summed E-state index contributed by atoms with van der Waals surface area (Å²) in [6.45, 7) is 13.1. The van der Waals surface area contributed by atoms with Crippen molar-refractivity contribution in [2.24, 2.45) is 17.3 Å². The van der Waals surface area contributed by atoms with Gasteiger partial charge in [0.05, 0.1) is 11.7 Å². The molecule has 5 unspecified atom stereocenters. The Labute approximate surface area is 201 Å². The lowest BCUT2D eigenvalue weighted by Gasteiger charge is -2.42. The van der Waals surface area contributed by atoms with Gasteiger partial charge in [-0.1, -0.05) is 75.8 Å². The summed E-state index contributed by atoms with van der Waals surface area (Å²) in [6.07, 6.45) is 19.7. The molecule has 0 saturated heterocycles. The van der Waals surface area contributed by atoms with Crippen LogP contribution in [0.25, 0.3) is 0 Å². The van der Waals surface area contributed by atoms with Crippen LogP contribution in [0.4, 0.5) is 0 Å². The molecule has 0 radical (unpaired) electrons. The van der Waals surface area contributed by atoms with E-state index in [-0.39, 0.29) is 16.8 Å². The van der Waals surface area contributed by atoms with Gasteiger partial charge in [0, 0.05) is 5.25 Å². The first kappa shape index (κ1) is 25.6. The van der Waals surface area contributed by atoms with Gasteiger partial charge < -0.3 is 10.2 Å². The summed E-state index contributed by atoms with van der Waals surface area (Å²) in [4.78, 5) is 0. The highest BCUT2D eigenvalue weighted by Crippen LogP contribution is 2.57. The summed E-state index contributed by atoms with van der Waals surface area (Å²) in [5.74, 6) is 1.07. The van der Waals surface area contributed by atoms with Gasteiger partial charge in [-0.05, 0) is 86.2 Å². The van der Waals surface area contributed by atoms with Crippen molar-refractivity contribution < 1.29 is 10.2 Å². The van der Waals surface area contributed by atoms with Crippen LogP contribution in [-0.4, -0.2) is 27.2 Å². The van der Waals surface area contributed by atoms with Crippen molar-refractivity contribution in [2.45, 2.75) is 102 Å². The van der Waals surface area contributed by atoms with Gasteiger partial charge in [0.25, 0.3) is 0 Å². The topological polar surface area (TPSA) is 40.5 Å². The van der Waals surface area contributed by atoms with E-state index in [2.05, 4.69) is 57.4 Å². The van der Waals surface area contributed by atoms with Crippen molar-refractivity contribution in [2.75, 3.05) is 0 Å². The number of allylic oxidation sites excluding steroid dienone is 6. The highest BCUT2D eigenvalue weighted by molar-refractivity contribution is 7.81. The minimum atomic E-state index is -0.660. The van der Waals surface area contributed by atoms with E-state index in [1.165, 1.54) is 19.3 Å². The van der Waals surface area contributed by atoms with E-state index in [0.29, 0.717) is 24.7 Å². The lowest BCUT2D eigenvalue weighted by molar-refractivity contribution is 0.0824. The van der Waals surface area contributed by atoms with E-state index in [4.69, 9.17) is 0 Å². The number of rotatable bonds is 7. The molecule has 32 heavy (non-hydrogen) atoms. The van der Waals surface area contributed by atoms with Crippen LogP contribution >= 0.6 is 12.6 Å². The molecule has 0 bridgehead atoms. The fourth-order valence-corrected chi connectivity index (χ4v) is 6.59. The Bertz CT molecular complexity index is 813. The van der Waals surface area contributed by atoms with Crippen molar-refractivity contribution in [3.05, 3.63) is 59.3 Å². The third-order valence-corrected chi connectivity index (χ3v) is 9.07. The van der Waals surface area contributed by atoms with Gasteiger partial charge in [-0.15, -0.1) is 0 Å². The summed E-state index contributed by atoms with van der Waals surface area (Å²) < 4.78 is 0. The van der Waals surface area contributed by atoms with Crippen LogP contribution in [0, 0.1) is 17.3 Å². The predicted molar refractivity (Wildman–Crippen MR) is 140 cm³/mol. The van der Waals surface area contributed by atoms with Gasteiger partial charge in [0.15, 0.2) is 0 Å². The zero-order chi connectivity index (χ0) is 23.5. The Hall–Kier alpha value is -1.03. The molecule has 2 nitrogen and oxygen atoms in total. The Morgan fingerprint density at radius 2 is 2.03 bits per heavy atom. The van der Waals surface area contributed by atoms with Crippen molar-refractivity contribution in [3.8, 4) is 0 Å². The fourth-order valence-electron chi connectivity index (χ4n) is 6.19. The van der Waals surface area contributed by atoms with Gasteiger partial charge in [0.2, 0.25) is 0 Å². The summed E-state index contributed by atoms with van der Waals surface area (Å²) in [7, 11) is 0. The number of hydrogen-bond acceptors (Lipinski definition) is 3. The van der Waals surface area contributed by atoms with Crippen LogP contribution in [-0.2, 0) is 0 Å². The molecule has 0 aliphatic heterocycles. The molecule has 0 aromatic heterocycles. The smallest absolute Gasteiger partial charge is 0.0822 e. The lowest BCUT2D eigenvalue weighted by atomic mass is 9.62. The first-order chi connectivity index (χ1) is 15.1. The van der Waals surface area contributed by atoms with Crippen LogP contribution in [0.1, 0.15) is 85.5 Å².